The molecule has 0 aliphatic carbocycles. The van der Waals surface area contributed by atoms with E-state index >= 15 is 0 Å². The van der Waals surface area contributed by atoms with Crippen LogP contribution in [0.25, 0.3) is 11.1 Å². The van der Waals surface area contributed by atoms with E-state index in [-0.39, 0.29) is 0 Å². The van der Waals surface area contributed by atoms with Crippen molar-refractivity contribution in [2.24, 2.45) is 0 Å². The maximum Gasteiger partial charge on any atom is 0.127 e. The molecule has 0 spiro atoms. The molecule has 0 aromatic heterocycles. The lowest BCUT2D eigenvalue weighted by Crippen LogP contribution is -2.05. The monoisotopic (exact) mass is 242 g/mol. The summed E-state index contributed by atoms with van der Waals surface area (Å²) in [7, 11) is 1.68. The summed E-state index contributed by atoms with van der Waals surface area (Å²) in [5.41, 5.74) is 3.59. The Morgan fingerprint density at radius 2 is 1.50 bits per heavy atom. The predicted molar refractivity (Wildman–Crippen MR) is 74.0 cm³/mol. The molecule has 0 N–H and O–H groups in total. The van der Waals surface area contributed by atoms with Gasteiger partial charge in [0.15, 0.2) is 0 Å². The quantitative estimate of drug-likeness (QED) is 0.744. The van der Waals surface area contributed by atoms with E-state index in [9.17, 15) is 0 Å². The number of rotatable bonds is 5. The van der Waals surface area contributed by atoms with Gasteiger partial charge in [-0.3, -0.25) is 0 Å². The van der Waals surface area contributed by atoms with Crippen LogP contribution in [-0.2, 0) is 4.74 Å². The van der Waals surface area contributed by atoms with Gasteiger partial charge in [-0.15, -0.1) is 0 Å². The van der Waals surface area contributed by atoms with E-state index in [0.717, 1.165) is 11.3 Å². The topological polar surface area (TPSA) is 18.5 Å². The summed E-state index contributed by atoms with van der Waals surface area (Å²) < 4.78 is 10.8. The Labute approximate surface area is 108 Å². The van der Waals surface area contributed by atoms with Gasteiger partial charge in [0.25, 0.3) is 0 Å². The molecule has 0 unspecified atom stereocenters. The largest absolute Gasteiger partial charge is 0.491 e. The summed E-state index contributed by atoms with van der Waals surface area (Å²) in [4.78, 5) is 0. The van der Waals surface area contributed by atoms with Gasteiger partial charge in [-0.1, -0.05) is 42.5 Å². The van der Waals surface area contributed by atoms with E-state index in [2.05, 4.69) is 25.1 Å². The molecule has 0 aliphatic rings. The highest BCUT2D eigenvalue weighted by atomic mass is 16.5. The Bertz CT molecular complexity index is 506. The fourth-order valence-corrected chi connectivity index (χ4v) is 1.93. The van der Waals surface area contributed by atoms with Gasteiger partial charge in [0, 0.05) is 12.7 Å². The molecule has 0 amide bonds. The molecule has 94 valence electrons. The first-order valence-corrected chi connectivity index (χ1v) is 6.09. The molecule has 2 heteroatoms. The molecule has 0 saturated heterocycles. The normalized spacial score (nSPS) is 10.3. The van der Waals surface area contributed by atoms with Crippen LogP contribution < -0.4 is 4.74 Å². The predicted octanol–water partition coefficient (Wildman–Crippen LogP) is 3.69. The summed E-state index contributed by atoms with van der Waals surface area (Å²) in [6.45, 7) is 3.28. The Morgan fingerprint density at radius 3 is 2.22 bits per heavy atom. The highest BCUT2D eigenvalue weighted by molar-refractivity contribution is 5.73. The third-order valence-electron chi connectivity index (χ3n) is 2.87. The van der Waals surface area contributed by atoms with Crippen molar-refractivity contribution in [3.05, 3.63) is 54.1 Å². The fraction of sp³-hybridized carbons (Fsp3) is 0.250. The molecule has 0 fully saturated rings. The summed E-state index contributed by atoms with van der Waals surface area (Å²) in [5.74, 6) is 0.906. The zero-order valence-electron chi connectivity index (χ0n) is 10.8. The molecule has 0 radical (unpaired) electrons. The Kier molecular flexibility index (Phi) is 4.37. The van der Waals surface area contributed by atoms with Crippen LogP contribution in [0.4, 0.5) is 0 Å². The SMILES string of the molecule is COCCOc1ccccc1-c1ccccc1C. The Hall–Kier alpha value is -1.80. The van der Waals surface area contributed by atoms with Gasteiger partial charge in [-0.25, -0.2) is 0 Å². The molecule has 2 aromatic rings. The summed E-state index contributed by atoms with van der Waals surface area (Å²) in [6.07, 6.45) is 0. The van der Waals surface area contributed by atoms with Crippen LogP contribution >= 0.6 is 0 Å². The van der Waals surface area contributed by atoms with Gasteiger partial charge >= 0.3 is 0 Å². The summed E-state index contributed by atoms with van der Waals surface area (Å²) in [5, 5.41) is 0. The highest BCUT2D eigenvalue weighted by Gasteiger charge is 2.07. The summed E-state index contributed by atoms with van der Waals surface area (Å²) >= 11 is 0. The van der Waals surface area contributed by atoms with Crippen LogP contribution in [0, 0.1) is 6.92 Å². The average molecular weight is 242 g/mol. The maximum atomic E-state index is 5.76. The minimum Gasteiger partial charge on any atom is -0.491 e. The molecular formula is C16H18O2. The van der Waals surface area contributed by atoms with E-state index in [1.54, 1.807) is 7.11 Å². The van der Waals surface area contributed by atoms with Crippen molar-refractivity contribution in [1.82, 2.24) is 0 Å². The van der Waals surface area contributed by atoms with E-state index < -0.39 is 0 Å². The van der Waals surface area contributed by atoms with E-state index in [4.69, 9.17) is 9.47 Å². The van der Waals surface area contributed by atoms with Crippen LogP contribution in [-0.4, -0.2) is 20.3 Å². The standard InChI is InChI=1S/C16H18O2/c1-13-7-3-4-8-14(13)15-9-5-6-10-16(15)18-12-11-17-2/h3-10H,11-12H2,1-2H3. The van der Waals surface area contributed by atoms with Gasteiger partial charge in [0.1, 0.15) is 12.4 Å². The summed E-state index contributed by atoms with van der Waals surface area (Å²) in [6, 6.07) is 16.4. The van der Waals surface area contributed by atoms with Crippen molar-refractivity contribution < 1.29 is 9.47 Å². The zero-order valence-corrected chi connectivity index (χ0v) is 10.8. The molecule has 0 heterocycles. The number of aryl methyl sites for hydroxylation is 1. The third kappa shape index (κ3) is 2.90. The number of para-hydroxylation sites is 1. The Balaban J connectivity index is 2.30. The van der Waals surface area contributed by atoms with E-state index in [1.807, 2.05) is 30.3 Å². The number of hydrogen-bond donors (Lipinski definition) is 0. The van der Waals surface area contributed by atoms with Crippen LogP contribution in [0.3, 0.4) is 0 Å². The van der Waals surface area contributed by atoms with Crippen LogP contribution in [0.2, 0.25) is 0 Å². The molecule has 0 bridgehead atoms. The molecule has 18 heavy (non-hydrogen) atoms. The average Bonchev–Trinajstić information content (AvgIpc) is 2.40. The molecule has 0 saturated carbocycles. The second-order valence-electron chi connectivity index (χ2n) is 4.15. The van der Waals surface area contributed by atoms with Crippen molar-refractivity contribution in [1.29, 1.82) is 0 Å². The number of ether oxygens (including phenoxy) is 2. The molecular weight excluding hydrogens is 224 g/mol. The van der Waals surface area contributed by atoms with Crippen molar-refractivity contribution in [2.75, 3.05) is 20.3 Å². The number of hydrogen-bond acceptors (Lipinski definition) is 2. The van der Waals surface area contributed by atoms with Crippen molar-refractivity contribution in [3.8, 4) is 16.9 Å². The van der Waals surface area contributed by atoms with Gasteiger partial charge in [-0.2, -0.15) is 0 Å². The third-order valence-corrected chi connectivity index (χ3v) is 2.87. The molecule has 2 nitrogen and oxygen atoms in total. The second-order valence-corrected chi connectivity index (χ2v) is 4.15. The first kappa shape index (κ1) is 12.7. The minimum absolute atomic E-state index is 0.569. The van der Waals surface area contributed by atoms with E-state index in [1.165, 1.54) is 11.1 Å². The first-order chi connectivity index (χ1) is 8.83. The lowest BCUT2D eigenvalue weighted by atomic mass is 10.00. The van der Waals surface area contributed by atoms with Crippen LogP contribution in [0.1, 0.15) is 5.56 Å². The molecule has 0 aliphatic heterocycles. The lowest BCUT2D eigenvalue weighted by molar-refractivity contribution is 0.146. The number of benzene rings is 2. The van der Waals surface area contributed by atoms with Gasteiger partial charge in [-0.05, 0) is 24.1 Å². The Morgan fingerprint density at radius 1 is 0.833 bits per heavy atom. The second kappa shape index (κ2) is 6.22. The molecule has 0 atom stereocenters. The molecule has 2 aromatic carbocycles. The van der Waals surface area contributed by atoms with Crippen LogP contribution in [0.5, 0.6) is 5.75 Å². The zero-order chi connectivity index (χ0) is 12.8. The van der Waals surface area contributed by atoms with Crippen molar-refractivity contribution >= 4 is 0 Å². The van der Waals surface area contributed by atoms with E-state index in [0.29, 0.717) is 13.2 Å². The smallest absolute Gasteiger partial charge is 0.127 e. The lowest BCUT2D eigenvalue weighted by Gasteiger charge is -2.12. The van der Waals surface area contributed by atoms with Crippen molar-refractivity contribution in [2.45, 2.75) is 6.92 Å². The molecule has 2 rings (SSSR count). The number of methoxy groups -OCH3 is 1. The van der Waals surface area contributed by atoms with Gasteiger partial charge < -0.3 is 9.47 Å². The van der Waals surface area contributed by atoms with Gasteiger partial charge in [0.05, 0.1) is 6.61 Å². The maximum absolute atomic E-state index is 5.76. The fourth-order valence-electron chi connectivity index (χ4n) is 1.93. The van der Waals surface area contributed by atoms with Crippen molar-refractivity contribution in [3.63, 3.8) is 0 Å². The minimum atomic E-state index is 0.569. The van der Waals surface area contributed by atoms with Gasteiger partial charge in [0.2, 0.25) is 0 Å². The van der Waals surface area contributed by atoms with Crippen LogP contribution in [0.15, 0.2) is 48.5 Å². The first-order valence-electron chi connectivity index (χ1n) is 6.09. The highest BCUT2D eigenvalue weighted by Crippen LogP contribution is 2.31.